The molecule has 9 heteroatoms. The fourth-order valence-corrected chi connectivity index (χ4v) is 3.43. The predicted octanol–water partition coefficient (Wildman–Crippen LogP) is 4.18. The highest BCUT2D eigenvalue weighted by atomic mass is 32.2. The molecular weight excluding hydrogens is 412 g/mol. The summed E-state index contributed by atoms with van der Waals surface area (Å²) >= 11 is 1.54. The molecule has 0 unspecified atom stereocenters. The SMILES string of the molecule is COc1ccc(CCNC(=O)c2ccc(-n3ccnc3SC)cc2)cc1OC(F)F. The van der Waals surface area contributed by atoms with Gasteiger partial charge in [-0.15, -0.1) is 0 Å². The second kappa shape index (κ2) is 10.1. The van der Waals surface area contributed by atoms with E-state index in [1.807, 2.05) is 29.2 Å². The number of amides is 1. The molecule has 0 saturated carbocycles. The second-order valence-corrected chi connectivity index (χ2v) is 6.97. The Morgan fingerprint density at radius 3 is 2.63 bits per heavy atom. The van der Waals surface area contributed by atoms with Gasteiger partial charge in [0, 0.05) is 30.2 Å². The Labute approximate surface area is 177 Å². The van der Waals surface area contributed by atoms with Crippen LogP contribution in [-0.4, -0.2) is 42.0 Å². The third-order valence-corrected chi connectivity index (χ3v) is 5.01. The van der Waals surface area contributed by atoms with Crippen LogP contribution in [0.1, 0.15) is 15.9 Å². The Kier molecular flexibility index (Phi) is 7.29. The maximum absolute atomic E-state index is 12.5. The number of aromatic nitrogens is 2. The molecule has 0 aliphatic carbocycles. The van der Waals surface area contributed by atoms with Crippen LogP contribution in [0, 0.1) is 0 Å². The molecule has 0 aliphatic heterocycles. The molecule has 0 bridgehead atoms. The lowest BCUT2D eigenvalue weighted by Crippen LogP contribution is -2.25. The zero-order valence-corrected chi connectivity index (χ0v) is 17.3. The maximum Gasteiger partial charge on any atom is 0.387 e. The van der Waals surface area contributed by atoms with Crippen molar-refractivity contribution in [1.82, 2.24) is 14.9 Å². The molecule has 1 N–H and O–H groups in total. The van der Waals surface area contributed by atoms with Gasteiger partial charge in [-0.05, 0) is 54.6 Å². The van der Waals surface area contributed by atoms with Crippen molar-refractivity contribution in [3.8, 4) is 17.2 Å². The Morgan fingerprint density at radius 1 is 1.20 bits per heavy atom. The number of benzene rings is 2. The number of ether oxygens (including phenoxy) is 2. The number of hydrogen-bond donors (Lipinski definition) is 1. The number of nitrogens with zero attached hydrogens (tertiary/aromatic N) is 2. The van der Waals surface area contributed by atoms with Gasteiger partial charge in [0.15, 0.2) is 16.7 Å². The van der Waals surface area contributed by atoms with Gasteiger partial charge in [0.2, 0.25) is 0 Å². The van der Waals surface area contributed by atoms with Crippen LogP contribution in [0.15, 0.2) is 60.0 Å². The second-order valence-electron chi connectivity index (χ2n) is 6.20. The van der Waals surface area contributed by atoms with E-state index in [2.05, 4.69) is 15.0 Å². The van der Waals surface area contributed by atoms with Crippen molar-refractivity contribution in [3.63, 3.8) is 0 Å². The summed E-state index contributed by atoms with van der Waals surface area (Å²) in [5.74, 6) is -0.0171. The minimum atomic E-state index is -2.94. The van der Waals surface area contributed by atoms with Crippen LogP contribution in [0.4, 0.5) is 8.78 Å². The van der Waals surface area contributed by atoms with Gasteiger partial charge in [-0.3, -0.25) is 9.36 Å². The van der Waals surface area contributed by atoms with Crippen LogP contribution in [-0.2, 0) is 6.42 Å². The summed E-state index contributed by atoms with van der Waals surface area (Å²) in [5.41, 5.74) is 2.19. The van der Waals surface area contributed by atoms with Crippen LogP contribution < -0.4 is 14.8 Å². The Hall–Kier alpha value is -3.07. The van der Waals surface area contributed by atoms with E-state index in [1.165, 1.54) is 24.9 Å². The summed E-state index contributed by atoms with van der Waals surface area (Å²) in [6.07, 6.45) is 6.00. The summed E-state index contributed by atoms with van der Waals surface area (Å²) in [5, 5.41) is 3.69. The third-order valence-electron chi connectivity index (χ3n) is 4.34. The molecule has 0 fully saturated rings. The van der Waals surface area contributed by atoms with Gasteiger partial charge >= 0.3 is 6.61 Å². The van der Waals surface area contributed by atoms with Crippen LogP contribution in [0.5, 0.6) is 11.5 Å². The van der Waals surface area contributed by atoms with E-state index >= 15 is 0 Å². The van der Waals surface area contributed by atoms with Gasteiger partial charge in [0.1, 0.15) is 0 Å². The van der Waals surface area contributed by atoms with Crippen LogP contribution in [0.25, 0.3) is 5.69 Å². The van der Waals surface area contributed by atoms with E-state index < -0.39 is 6.61 Å². The minimum Gasteiger partial charge on any atom is -0.493 e. The van der Waals surface area contributed by atoms with Gasteiger partial charge < -0.3 is 14.8 Å². The monoisotopic (exact) mass is 433 g/mol. The molecule has 30 heavy (non-hydrogen) atoms. The number of imidazole rings is 1. The lowest BCUT2D eigenvalue weighted by molar-refractivity contribution is -0.0512. The van der Waals surface area contributed by atoms with Crippen molar-refractivity contribution < 1.29 is 23.0 Å². The number of alkyl halides is 2. The van der Waals surface area contributed by atoms with Gasteiger partial charge in [-0.25, -0.2) is 4.98 Å². The number of thioether (sulfide) groups is 1. The molecule has 158 valence electrons. The van der Waals surface area contributed by atoms with Crippen LogP contribution in [0.2, 0.25) is 0 Å². The quantitative estimate of drug-likeness (QED) is 0.513. The number of halogens is 2. The van der Waals surface area contributed by atoms with E-state index in [-0.39, 0.29) is 17.4 Å². The number of nitrogens with one attached hydrogen (secondary N) is 1. The van der Waals surface area contributed by atoms with E-state index in [0.29, 0.717) is 18.5 Å². The molecule has 0 radical (unpaired) electrons. The highest BCUT2D eigenvalue weighted by Gasteiger charge is 2.12. The largest absolute Gasteiger partial charge is 0.493 e. The fraction of sp³-hybridized carbons (Fsp3) is 0.238. The Morgan fingerprint density at radius 2 is 1.97 bits per heavy atom. The fourth-order valence-electron chi connectivity index (χ4n) is 2.90. The van der Waals surface area contributed by atoms with E-state index in [9.17, 15) is 13.6 Å². The van der Waals surface area contributed by atoms with Gasteiger partial charge in [0.25, 0.3) is 5.91 Å². The van der Waals surface area contributed by atoms with Crippen molar-refractivity contribution >= 4 is 17.7 Å². The molecular formula is C21H21F2N3O3S. The lowest BCUT2D eigenvalue weighted by atomic mass is 10.1. The van der Waals surface area contributed by atoms with Crippen molar-refractivity contribution in [3.05, 3.63) is 66.0 Å². The number of methoxy groups -OCH3 is 1. The molecule has 2 aromatic carbocycles. The first-order chi connectivity index (χ1) is 14.5. The maximum atomic E-state index is 12.5. The molecule has 1 aromatic heterocycles. The summed E-state index contributed by atoms with van der Waals surface area (Å²) < 4.78 is 36.5. The number of hydrogen-bond acceptors (Lipinski definition) is 5. The number of rotatable bonds is 9. The third kappa shape index (κ3) is 5.29. The van der Waals surface area contributed by atoms with Crippen LogP contribution in [0.3, 0.4) is 0 Å². The average Bonchev–Trinajstić information content (AvgIpc) is 3.22. The normalized spacial score (nSPS) is 10.8. The van der Waals surface area contributed by atoms with Gasteiger partial charge in [0.05, 0.1) is 7.11 Å². The van der Waals surface area contributed by atoms with Crippen molar-refractivity contribution in [2.75, 3.05) is 19.9 Å². The molecule has 1 heterocycles. The molecule has 0 saturated heterocycles. The van der Waals surface area contributed by atoms with E-state index in [0.717, 1.165) is 16.4 Å². The molecule has 0 spiro atoms. The van der Waals surface area contributed by atoms with Gasteiger partial charge in [-0.1, -0.05) is 17.8 Å². The summed E-state index contributed by atoms with van der Waals surface area (Å²) in [7, 11) is 1.38. The van der Waals surface area contributed by atoms with Crippen molar-refractivity contribution in [1.29, 1.82) is 0 Å². The van der Waals surface area contributed by atoms with E-state index in [1.54, 1.807) is 30.5 Å². The zero-order valence-electron chi connectivity index (χ0n) is 16.5. The number of carbonyl (C=O) groups excluding carboxylic acids is 1. The highest BCUT2D eigenvalue weighted by molar-refractivity contribution is 7.98. The smallest absolute Gasteiger partial charge is 0.387 e. The zero-order chi connectivity index (χ0) is 21.5. The summed E-state index contributed by atoms with van der Waals surface area (Å²) in [4.78, 5) is 16.6. The predicted molar refractivity (Wildman–Crippen MR) is 111 cm³/mol. The highest BCUT2D eigenvalue weighted by Crippen LogP contribution is 2.29. The summed E-state index contributed by atoms with van der Waals surface area (Å²) in [6, 6.07) is 12.0. The molecule has 0 aliphatic rings. The van der Waals surface area contributed by atoms with E-state index in [4.69, 9.17) is 4.74 Å². The number of carbonyl (C=O) groups is 1. The first-order valence-corrected chi connectivity index (χ1v) is 10.3. The first kappa shape index (κ1) is 21.6. The molecule has 3 aromatic rings. The first-order valence-electron chi connectivity index (χ1n) is 9.09. The lowest BCUT2D eigenvalue weighted by Gasteiger charge is -2.12. The Bertz CT molecular complexity index is 993. The summed E-state index contributed by atoms with van der Waals surface area (Å²) in [6.45, 7) is -2.59. The molecule has 1 amide bonds. The van der Waals surface area contributed by atoms with Crippen LogP contribution >= 0.6 is 11.8 Å². The standard InChI is InChI=1S/C21H21F2N3O3S/c1-28-17-8-3-14(13-18(17)29-20(22)23)9-10-24-19(27)15-4-6-16(7-5-15)26-12-11-25-21(26)30-2/h3-8,11-13,20H,9-10H2,1-2H3,(H,24,27). The minimum absolute atomic E-state index is 0.0315. The molecule has 0 atom stereocenters. The van der Waals surface area contributed by atoms with Crippen molar-refractivity contribution in [2.45, 2.75) is 18.2 Å². The van der Waals surface area contributed by atoms with Crippen molar-refractivity contribution in [2.24, 2.45) is 0 Å². The molecule has 3 rings (SSSR count). The topological polar surface area (TPSA) is 65.4 Å². The average molecular weight is 433 g/mol. The van der Waals surface area contributed by atoms with Gasteiger partial charge in [-0.2, -0.15) is 8.78 Å². The Balaban J connectivity index is 1.58. The molecule has 6 nitrogen and oxygen atoms in total.